The molecule has 28 heavy (non-hydrogen) atoms. The third-order valence-electron chi connectivity index (χ3n) is 4.08. The van der Waals surface area contributed by atoms with Gasteiger partial charge in [0.1, 0.15) is 5.69 Å². The predicted molar refractivity (Wildman–Crippen MR) is 117 cm³/mol. The van der Waals surface area contributed by atoms with E-state index in [9.17, 15) is 4.79 Å². The Hall–Kier alpha value is -2.27. The smallest absolute Gasteiger partial charge is 0.268 e. The number of nitrogens with one attached hydrogen (secondary N) is 2. The largest absolute Gasteiger partial charge is 0.380 e. The quantitative estimate of drug-likeness (QED) is 0.748. The monoisotopic (exact) mass is 385 g/mol. The molecule has 5 heteroatoms. The number of hydrogen-bond donors (Lipinski definition) is 2. The fourth-order valence-corrected chi connectivity index (χ4v) is 3.10. The molecule has 0 saturated carbocycles. The summed E-state index contributed by atoms with van der Waals surface area (Å²) in [6, 6.07) is 10.2. The minimum Gasteiger partial charge on any atom is -0.380 e. The lowest BCUT2D eigenvalue weighted by molar-refractivity contribution is -0.0492. The van der Waals surface area contributed by atoms with Crippen LogP contribution in [-0.4, -0.2) is 34.3 Å². The molecule has 1 aromatic carbocycles. The lowest BCUT2D eigenvalue weighted by atomic mass is 10.1. The SMILES string of the molecule is C[C@@H](CNC(=O)c1cc(-c2ccc(NC(C)(C)C)cc2)cn1C)OC(C)(C)C. The summed E-state index contributed by atoms with van der Waals surface area (Å²) in [6.45, 7) is 14.9. The number of hydrogen-bond acceptors (Lipinski definition) is 3. The first kappa shape index (κ1) is 22.0. The van der Waals surface area contributed by atoms with Gasteiger partial charge in [-0.05, 0) is 72.2 Å². The number of amides is 1. The summed E-state index contributed by atoms with van der Waals surface area (Å²) in [4.78, 5) is 12.6. The van der Waals surface area contributed by atoms with Crippen LogP contribution in [0.2, 0.25) is 0 Å². The normalized spacial score (nSPS) is 13.3. The van der Waals surface area contributed by atoms with Gasteiger partial charge in [-0.2, -0.15) is 0 Å². The topological polar surface area (TPSA) is 55.3 Å². The summed E-state index contributed by atoms with van der Waals surface area (Å²) in [5.74, 6) is -0.0934. The minimum atomic E-state index is -0.226. The van der Waals surface area contributed by atoms with E-state index in [1.54, 1.807) is 0 Å². The number of aryl methyl sites for hydroxylation is 1. The van der Waals surface area contributed by atoms with Crippen LogP contribution in [0.5, 0.6) is 0 Å². The maximum atomic E-state index is 12.6. The maximum Gasteiger partial charge on any atom is 0.268 e. The third kappa shape index (κ3) is 6.71. The van der Waals surface area contributed by atoms with E-state index < -0.39 is 0 Å². The summed E-state index contributed by atoms with van der Waals surface area (Å²) in [6.07, 6.45) is 1.93. The number of carbonyl (C=O) groups excluding carboxylic acids is 1. The fourth-order valence-electron chi connectivity index (χ4n) is 3.10. The average Bonchev–Trinajstić information content (AvgIpc) is 2.92. The highest BCUT2D eigenvalue weighted by Crippen LogP contribution is 2.25. The van der Waals surface area contributed by atoms with E-state index in [1.165, 1.54) is 0 Å². The van der Waals surface area contributed by atoms with E-state index >= 15 is 0 Å². The highest BCUT2D eigenvalue weighted by molar-refractivity contribution is 5.94. The van der Waals surface area contributed by atoms with Gasteiger partial charge in [-0.25, -0.2) is 0 Å². The van der Waals surface area contributed by atoms with Gasteiger partial charge in [0.25, 0.3) is 5.91 Å². The maximum absolute atomic E-state index is 12.6. The van der Waals surface area contributed by atoms with Crippen LogP contribution in [0.25, 0.3) is 11.1 Å². The second kappa shape index (κ2) is 8.39. The number of anilines is 1. The molecule has 0 bridgehead atoms. The zero-order valence-corrected chi connectivity index (χ0v) is 18.5. The number of carbonyl (C=O) groups is 1. The van der Waals surface area contributed by atoms with Gasteiger partial charge in [0, 0.05) is 36.6 Å². The van der Waals surface area contributed by atoms with Gasteiger partial charge in [0.05, 0.1) is 11.7 Å². The molecule has 0 aliphatic heterocycles. The van der Waals surface area contributed by atoms with Crippen LogP contribution in [0.1, 0.15) is 59.0 Å². The Morgan fingerprint density at radius 2 is 1.68 bits per heavy atom. The third-order valence-corrected chi connectivity index (χ3v) is 4.08. The van der Waals surface area contributed by atoms with Crippen LogP contribution < -0.4 is 10.6 Å². The van der Waals surface area contributed by atoms with Crippen molar-refractivity contribution in [1.29, 1.82) is 0 Å². The van der Waals surface area contributed by atoms with Crippen molar-refractivity contribution in [3.8, 4) is 11.1 Å². The molecular weight excluding hydrogens is 350 g/mol. The van der Waals surface area contributed by atoms with E-state index in [0.29, 0.717) is 12.2 Å². The van der Waals surface area contributed by atoms with Gasteiger partial charge in [0.15, 0.2) is 0 Å². The highest BCUT2D eigenvalue weighted by atomic mass is 16.5. The molecule has 2 N–H and O–H groups in total. The number of aromatic nitrogens is 1. The molecule has 0 spiro atoms. The Bertz CT molecular complexity index is 793. The van der Waals surface area contributed by atoms with E-state index in [1.807, 2.05) is 51.6 Å². The van der Waals surface area contributed by atoms with Crippen molar-refractivity contribution in [3.05, 3.63) is 42.2 Å². The van der Waals surface area contributed by atoms with E-state index in [4.69, 9.17) is 4.74 Å². The first-order chi connectivity index (χ1) is 12.8. The Morgan fingerprint density at radius 1 is 1.07 bits per heavy atom. The Morgan fingerprint density at radius 3 is 2.21 bits per heavy atom. The van der Waals surface area contributed by atoms with Crippen molar-refractivity contribution in [2.24, 2.45) is 7.05 Å². The van der Waals surface area contributed by atoms with Crippen LogP contribution in [0.15, 0.2) is 36.5 Å². The van der Waals surface area contributed by atoms with Crippen molar-refractivity contribution < 1.29 is 9.53 Å². The molecule has 0 saturated heterocycles. The van der Waals surface area contributed by atoms with Crippen LogP contribution in [-0.2, 0) is 11.8 Å². The van der Waals surface area contributed by atoms with Gasteiger partial charge in [-0.3, -0.25) is 4.79 Å². The summed E-state index contributed by atoms with van der Waals surface area (Å²) < 4.78 is 7.71. The summed E-state index contributed by atoms with van der Waals surface area (Å²) >= 11 is 0. The highest BCUT2D eigenvalue weighted by Gasteiger charge is 2.18. The Balaban J connectivity index is 2.05. The lowest BCUT2D eigenvalue weighted by Crippen LogP contribution is -2.36. The molecule has 1 aromatic heterocycles. The van der Waals surface area contributed by atoms with Gasteiger partial charge < -0.3 is 19.9 Å². The molecule has 1 atom stereocenters. The first-order valence-electron chi connectivity index (χ1n) is 9.85. The molecule has 2 aromatic rings. The van der Waals surface area contributed by atoms with Crippen molar-refractivity contribution in [2.45, 2.75) is 65.7 Å². The second-order valence-corrected chi connectivity index (χ2v) is 9.43. The summed E-state index contributed by atoms with van der Waals surface area (Å²) in [5, 5.41) is 6.42. The molecule has 1 amide bonds. The van der Waals surface area contributed by atoms with Gasteiger partial charge >= 0.3 is 0 Å². The van der Waals surface area contributed by atoms with Gasteiger partial charge in [-0.1, -0.05) is 12.1 Å². The Kier molecular flexibility index (Phi) is 6.60. The van der Waals surface area contributed by atoms with Crippen LogP contribution in [0.3, 0.4) is 0 Å². The zero-order chi connectivity index (χ0) is 21.1. The standard InChI is InChI=1S/C23H35N3O2/c1-16(28-23(5,6)7)14-24-21(27)20-13-18(15-26(20)8)17-9-11-19(12-10-17)25-22(2,3)4/h9-13,15-16,25H,14H2,1-8H3,(H,24,27)/t16-/m0/s1. The fraction of sp³-hybridized carbons (Fsp3) is 0.522. The number of nitrogens with zero attached hydrogens (tertiary/aromatic N) is 1. The lowest BCUT2D eigenvalue weighted by Gasteiger charge is -2.25. The number of benzene rings is 1. The minimum absolute atomic E-state index is 0.0212. The van der Waals surface area contributed by atoms with Gasteiger partial charge in [0.2, 0.25) is 0 Å². The van der Waals surface area contributed by atoms with Gasteiger partial charge in [-0.15, -0.1) is 0 Å². The first-order valence-corrected chi connectivity index (χ1v) is 9.85. The predicted octanol–water partition coefficient (Wildman–Crippen LogP) is 4.84. The van der Waals surface area contributed by atoms with E-state index in [0.717, 1.165) is 16.8 Å². The van der Waals surface area contributed by atoms with Crippen LogP contribution in [0.4, 0.5) is 5.69 Å². The van der Waals surface area contributed by atoms with Crippen molar-refractivity contribution in [1.82, 2.24) is 9.88 Å². The molecule has 0 aliphatic carbocycles. The molecule has 0 aliphatic rings. The van der Waals surface area contributed by atoms with Crippen molar-refractivity contribution in [3.63, 3.8) is 0 Å². The van der Waals surface area contributed by atoms with Crippen molar-refractivity contribution in [2.75, 3.05) is 11.9 Å². The van der Waals surface area contributed by atoms with Crippen LogP contribution >= 0.6 is 0 Å². The molecule has 1 heterocycles. The molecule has 2 rings (SSSR count). The summed E-state index contributed by atoms with van der Waals surface area (Å²) in [7, 11) is 1.89. The van der Waals surface area contributed by atoms with Crippen LogP contribution in [0, 0.1) is 0 Å². The molecule has 0 radical (unpaired) electrons. The molecular formula is C23H35N3O2. The Labute approximate surface area is 169 Å². The van der Waals surface area contributed by atoms with Crippen molar-refractivity contribution >= 4 is 11.6 Å². The molecule has 0 unspecified atom stereocenters. The number of rotatable bonds is 6. The summed E-state index contributed by atoms with van der Waals surface area (Å²) in [5.41, 5.74) is 3.62. The molecule has 154 valence electrons. The average molecular weight is 386 g/mol. The zero-order valence-electron chi connectivity index (χ0n) is 18.5. The van der Waals surface area contributed by atoms with E-state index in [-0.39, 0.29) is 23.2 Å². The molecule has 0 fully saturated rings. The van der Waals surface area contributed by atoms with E-state index in [2.05, 4.69) is 55.7 Å². The second-order valence-electron chi connectivity index (χ2n) is 9.43. The number of ether oxygens (including phenoxy) is 1. The molecule has 5 nitrogen and oxygen atoms in total.